The van der Waals surface area contributed by atoms with Crippen LogP contribution in [-0.2, 0) is 4.79 Å². The van der Waals surface area contributed by atoms with Crippen molar-refractivity contribution in [2.45, 2.75) is 46.1 Å². The molecule has 1 unspecified atom stereocenters. The lowest BCUT2D eigenvalue weighted by atomic mass is 9.82. The molecule has 1 saturated heterocycles. The molecule has 2 fully saturated rings. The highest BCUT2D eigenvalue weighted by Gasteiger charge is 2.44. The zero-order chi connectivity index (χ0) is 14.2. The largest absolute Gasteiger partial charge is 0.465 e. The van der Waals surface area contributed by atoms with Gasteiger partial charge in [-0.2, -0.15) is 0 Å². The predicted molar refractivity (Wildman–Crippen MR) is 71.9 cm³/mol. The van der Waals surface area contributed by atoms with Crippen LogP contribution in [0.15, 0.2) is 0 Å². The fraction of sp³-hybridized carbons (Fsp3) is 0.857. The number of hydrogen-bond donors (Lipinski definition) is 1. The molecule has 2 rings (SSSR count). The summed E-state index contributed by atoms with van der Waals surface area (Å²) in [5, 5.41) is 9.27. The summed E-state index contributed by atoms with van der Waals surface area (Å²) in [6.07, 6.45) is 2.67. The van der Waals surface area contributed by atoms with E-state index in [0.717, 1.165) is 6.54 Å². The van der Waals surface area contributed by atoms with Gasteiger partial charge in [0.2, 0.25) is 5.91 Å². The van der Waals surface area contributed by atoms with Crippen LogP contribution in [0.1, 0.15) is 40.0 Å². The lowest BCUT2D eigenvalue weighted by Gasteiger charge is -2.46. The highest BCUT2D eigenvalue weighted by molar-refractivity contribution is 5.87. The summed E-state index contributed by atoms with van der Waals surface area (Å²) in [5.74, 6) is 0.606. The first-order chi connectivity index (χ1) is 8.80. The summed E-state index contributed by atoms with van der Waals surface area (Å²) in [4.78, 5) is 27.1. The van der Waals surface area contributed by atoms with Gasteiger partial charge < -0.3 is 10.0 Å². The van der Waals surface area contributed by atoms with Crippen LogP contribution in [0.3, 0.4) is 0 Å². The minimum atomic E-state index is -0.989. The van der Waals surface area contributed by atoms with Crippen LogP contribution < -0.4 is 0 Å². The first-order valence-corrected chi connectivity index (χ1v) is 7.09. The van der Waals surface area contributed by atoms with E-state index in [1.54, 1.807) is 0 Å². The van der Waals surface area contributed by atoms with Gasteiger partial charge in [-0.3, -0.25) is 9.69 Å². The third kappa shape index (κ3) is 2.85. The van der Waals surface area contributed by atoms with E-state index in [1.165, 1.54) is 24.2 Å². The van der Waals surface area contributed by atoms with Crippen molar-refractivity contribution < 1.29 is 14.7 Å². The second-order valence-electron chi connectivity index (χ2n) is 6.83. The van der Waals surface area contributed by atoms with Crippen molar-refractivity contribution in [2.75, 3.05) is 19.6 Å². The van der Waals surface area contributed by atoms with E-state index >= 15 is 0 Å². The van der Waals surface area contributed by atoms with Crippen molar-refractivity contribution in [1.29, 1.82) is 0 Å². The monoisotopic (exact) mass is 268 g/mol. The minimum Gasteiger partial charge on any atom is -0.465 e. The average molecular weight is 268 g/mol. The molecule has 0 bridgehead atoms. The summed E-state index contributed by atoms with van der Waals surface area (Å²) in [5.41, 5.74) is -0.367. The molecule has 5 nitrogen and oxygen atoms in total. The van der Waals surface area contributed by atoms with Gasteiger partial charge >= 0.3 is 6.09 Å². The minimum absolute atomic E-state index is 0.0203. The molecule has 0 aromatic heterocycles. The summed E-state index contributed by atoms with van der Waals surface area (Å²) >= 11 is 0. The van der Waals surface area contributed by atoms with Crippen molar-refractivity contribution >= 4 is 12.0 Å². The number of carboxylic acid groups (broad SMARTS) is 1. The molecular formula is C14H24N2O3. The normalized spacial score (nSPS) is 25.4. The van der Waals surface area contributed by atoms with Crippen LogP contribution >= 0.6 is 0 Å². The van der Waals surface area contributed by atoms with E-state index < -0.39 is 12.1 Å². The molecule has 5 heteroatoms. The smallest absolute Gasteiger partial charge is 0.408 e. The van der Waals surface area contributed by atoms with Gasteiger partial charge in [0.15, 0.2) is 0 Å². The van der Waals surface area contributed by atoms with Gasteiger partial charge in [-0.1, -0.05) is 27.2 Å². The van der Waals surface area contributed by atoms with E-state index in [0.29, 0.717) is 19.0 Å². The maximum Gasteiger partial charge on any atom is 0.408 e. The summed E-state index contributed by atoms with van der Waals surface area (Å²) < 4.78 is 0. The molecule has 1 N–H and O–H groups in total. The molecule has 108 valence electrons. The maximum atomic E-state index is 12.6. The Morgan fingerprint density at radius 2 is 1.95 bits per heavy atom. The van der Waals surface area contributed by atoms with Crippen LogP contribution in [0.2, 0.25) is 0 Å². The number of rotatable bonds is 2. The average Bonchev–Trinajstić information content (AvgIpc) is 2.22. The van der Waals surface area contributed by atoms with Crippen molar-refractivity contribution in [3.05, 3.63) is 0 Å². The number of nitrogens with zero attached hydrogens (tertiary/aromatic N) is 2. The third-order valence-electron chi connectivity index (χ3n) is 4.24. The topological polar surface area (TPSA) is 60.9 Å². The highest BCUT2D eigenvalue weighted by atomic mass is 16.4. The fourth-order valence-corrected chi connectivity index (χ4v) is 2.99. The van der Waals surface area contributed by atoms with Crippen molar-refractivity contribution in [3.63, 3.8) is 0 Å². The van der Waals surface area contributed by atoms with Gasteiger partial charge in [0.05, 0.1) is 0 Å². The van der Waals surface area contributed by atoms with E-state index in [1.807, 2.05) is 25.7 Å². The second-order valence-corrected chi connectivity index (χ2v) is 6.83. The quantitative estimate of drug-likeness (QED) is 0.833. The molecule has 0 spiro atoms. The van der Waals surface area contributed by atoms with Gasteiger partial charge in [0.25, 0.3) is 0 Å². The number of carbonyl (C=O) groups is 2. The number of piperazine rings is 1. The molecule has 19 heavy (non-hydrogen) atoms. The molecule has 1 atom stereocenters. The molecule has 0 aromatic rings. The lowest BCUT2D eigenvalue weighted by Crippen LogP contribution is -2.63. The van der Waals surface area contributed by atoms with Crippen LogP contribution in [0.25, 0.3) is 0 Å². The standard InChI is InChI=1S/C14H24N2O3/c1-14(2,3)11-12(17)15(9-10-5-4-6-10)7-8-16(11)13(18)19/h10-11H,4-9H2,1-3H3,(H,18,19). The zero-order valence-electron chi connectivity index (χ0n) is 12.1. The Hall–Kier alpha value is -1.26. The van der Waals surface area contributed by atoms with Crippen molar-refractivity contribution in [3.8, 4) is 0 Å². The zero-order valence-corrected chi connectivity index (χ0v) is 12.1. The molecule has 2 aliphatic rings. The summed E-state index contributed by atoms with van der Waals surface area (Å²) in [6.45, 7) is 7.55. The van der Waals surface area contributed by atoms with Crippen LogP contribution in [0, 0.1) is 11.3 Å². The molecule has 1 heterocycles. The Kier molecular flexibility index (Phi) is 3.74. The summed E-state index contributed by atoms with van der Waals surface area (Å²) in [6, 6.07) is -0.557. The van der Waals surface area contributed by atoms with Crippen LogP contribution in [-0.4, -0.2) is 52.6 Å². The SMILES string of the molecule is CC(C)(C)C1C(=O)N(CC2CCC2)CCN1C(=O)O. The van der Waals surface area contributed by atoms with Gasteiger partial charge in [-0.25, -0.2) is 4.79 Å². The molecule has 1 saturated carbocycles. The van der Waals surface area contributed by atoms with Gasteiger partial charge in [0.1, 0.15) is 6.04 Å². The maximum absolute atomic E-state index is 12.6. The van der Waals surface area contributed by atoms with E-state index in [-0.39, 0.29) is 11.3 Å². The number of hydrogen-bond acceptors (Lipinski definition) is 2. The number of carbonyl (C=O) groups excluding carboxylic acids is 1. The first-order valence-electron chi connectivity index (χ1n) is 7.09. The lowest BCUT2D eigenvalue weighted by molar-refractivity contribution is -0.146. The fourth-order valence-electron chi connectivity index (χ4n) is 2.99. The molecular weight excluding hydrogens is 244 g/mol. The molecule has 2 amide bonds. The van der Waals surface area contributed by atoms with E-state index in [2.05, 4.69) is 0 Å². The van der Waals surface area contributed by atoms with Crippen molar-refractivity contribution in [2.24, 2.45) is 11.3 Å². The Balaban J connectivity index is 2.12. The van der Waals surface area contributed by atoms with Gasteiger partial charge in [0, 0.05) is 19.6 Å². The Morgan fingerprint density at radius 3 is 2.37 bits per heavy atom. The van der Waals surface area contributed by atoms with Gasteiger partial charge in [-0.05, 0) is 24.2 Å². The molecule has 1 aliphatic carbocycles. The van der Waals surface area contributed by atoms with Crippen LogP contribution in [0.4, 0.5) is 4.79 Å². The Morgan fingerprint density at radius 1 is 1.32 bits per heavy atom. The first kappa shape index (κ1) is 14.2. The molecule has 1 aliphatic heterocycles. The van der Waals surface area contributed by atoms with E-state index in [9.17, 15) is 14.7 Å². The van der Waals surface area contributed by atoms with Gasteiger partial charge in [-0.15, -0.1) is 0 Å². The Bertz CT molecular complexity index is 371. The Labute approximate surface area is 114 Å². The molecule has 0 radical (unpaired) electrons. The van der Waals surface area contributed by atoms with E-state index in [4.69, 9.17) is 0 Å². The van der Waals surface area contributed by atoms with Crippen molar-refractivity contribution in [1.82, 2.24) is 9.80 Å². The summed E-state index contributed by atoms with van der Waals surface area (Å²) in [7, 11) is 0. The number of amides is 2. The molecule has 0 aromatic carbocycles. The second kappa shape index (κ2) is 5.02. The third-order valence-corrected chi connectivity index (χ3v) is 4.24. The highest BCUT2D eigenvalue weighted by Crippen LogP contribution is 2.32. The van der Waals surface area contributed by atoms with Crippen LogP contribution in [0.5, 0.6) is 0 Å². The predicted octanol–water partition coefficient (Wildman–Crippen LogP) is 2.02.